The van der Waals surface area contributed by atoms with Gasteiger partial charge in [-0.05, 0) is 31.9 Å². The molecule has 0 spiro atoms. The van der Waals surface area contributed by atoms with Crippen molar-refractivity contribution >= 4 is 36.6 Å². The van der Waals surface area contributed by atoms with Gasteiger partial charge in [0.25, 0.3) is 5.91 Å². The molecule has 2 atom stereocenters. The minimum absolute atomic E-state index is 0. The van der Waals surface area contributed by atoms with Crippen LogP contribution in [0.2, 0.25) is 0 Å². The first-order valence-electron chi connectivity index (χ1n) is 7.75. The van der Waals surface area contributed by atoms with E-state index in [1.165, 1.54) is 6.20 Å². The van der Waals surface area contributed by atoms with Gasteiger partial charge < -0.3 is 16.4 Å². The summed E-state index contributed by atoms with van der Waals surface area (Å²) >= 11 is 0. The predicted molar refractivity (Wildman–Crippen MR) is 98.6 cm³/mol. The summed E-state index contributed by atoms with van der Waals surface area (Å²) in [6.45, 7) is 2.73. The fourth-order valence-corrected chi connectivity index (χ4v) is 2.87. The van der Waals surface area contributed by atoms with Gasteiger partial charge in [-0.1, -0.05) is 12.8 Å². The lowest BCUT2D eigenvalue weighted by atomic mass is 9.74. The van der Waals surface area contributed by atoms with Crippen molar-refractivity contribution < 1.29 is 9.59 Å². The van der Waals surface area contributed by atoms with Crippen LogP contribution >= 0.6 is 24.8 Å². The number of halogens is 2. The zero-order valence-electron chi connectivity index (χ0n) is 13.8. The molecule has 1 fully saturated rings. The third-order valence-electron chi connectivity index (χ3n) is 4.20. The van der Waals surface area contributed by atoms with E-state index in [0.717, 1.165) is 25.7 Å². The van der Waals surface area contributed by atoms with Crippen molar-refractivity contribution in [2.45, 2.75) is 38.1 Å². The van der Waals surface area contributed by atoms with Gasteiger partial charge in [0, 0.05) is 31.0 Å². The van der Waals surface area contributed by atoms with Crippen molar-refractivity contribution in [2.75, 3.05) is 13.1 Å². The van der Waals surface area contributed by atoms with Crippen molar-refractivity contribution in [3.8, 4) is 0 Å². The van der Waals surface area contributed by atoms with Crippen LogP contribution in [0.1, 0.15) is 43.0 Å². The number of nitrogens with zero attached hydrogens (tertiary/aromatic N) is 1. The highest BCUT2D eigenvalue weighted by molar-refractivity contribution is 5.93. The molecule has 8 heteroatoms. The highest BCUT2D eigenvalue weighted by Gasteiger charge is 2.37. The molecular weight excluding hydrogens is 351 g/mol. The quantitative estimate of drug-likeness (QED) is 0.680. The van der Waals surface area contributed by atoms with Gasteiger partial charge in [-0.2, -0.15) is 0 Å². The lowest BCUT2D eigenvalue weighted by Crippen LogP contribution is -2.53. The SMILES string of the molecule is CC1(N)CCCCC1C(=O)NCCNC(=O)c1cccnc1.Cl.Cl. The van der Waals surface area contributed by atoms with Gasteiger partial charge >= 0.3 is 0 Å². The maximum absolute atomic E-state index is 12.2. The van der Waals surface area contributed by atoms with E-state index in [1.807, 2.05) is 6.92 Å². The van der Waals surface area contributed by atoms with Gasteiger partial charge in [0.15, 0.2) is 0 Å². The van der Waals surface area contributed by atoms with Crippen LogP contribution in [0.5, 0.6) is 0 Å². The summed E-state index contributed by atoms with van der Waals surface area (Å²) in [4.78, 5) is 27.9. The summed E-state index contributed by atoms with van der Waals surface area (Å²) < 4.78 is 0. The molecule has 24 heavy (non-hydrogen) atoms. The Morgan fingerprint density at radius 1 is 1.29 bits per heavy atom. The average molecular weight is 377 g/mol. The van der Waals surface area contributed by atoms with E-state index in [4.69, 9.17) is 5.73 Å². The smallest absolute Gasteiger partial charge is 0.252 e. The lowest BCUT2D eigenvalue weighted by Gasteiger charge is -2.37. The van der Waals surface area contributed by atoms with E-state index in [2.05, 4.69) is 15.6 Å². The largest absolute Gasteiger partial charge is 0.354 e. The summed E-state index contributed by atoms with van der Waals surface area (Å²) in [5, 5.41) is 5.62. The van der Waals surface area contributed by atoms with Gasteiger partial charge in [0.05, 0.1) is 11.5 Å². The Balaban J connectivity index is 0.00000264. The standard InChI is InChI=1S/C16H24N4O2.2ClH/c1-16(17)7-3-2-6-13(16)15(22)20-10-9-19-14(21)12-5-4-8-18-11-12;;/h4-5,8,11,13H,2-3,6-7,9-10,17H2,1H3,(H,19,21)(H,20,22);2*1H. The molecule has 0 aromatic carbocycles. The minimum atomic E-state index is -0.429. The molecule has 0 saturated heterocycles. The van der Waals surface area contributed by atoms with E-state index < -0.39 is 5.54 Å². The Morgan fingerprint density at radius 2 is 2.00 bits per heavy atom. The Bertz CT molecular complexity index is 526. The van der Waals surface area contributed by atoms with Crippen LogP contribution in [0.4, 0.5) is 0 Å². The molecule has 2 rings (SSSR count). The normalized spacial score (nSPS) is 22.5. The van der Waals surface area contributed by atoms with Gasteiger partial charge in [0.1, 0.15) is 0 Å². The van der Waals surface area contributed by atoms with Gasteiger partial charge in [-0.3, -0.25) is 14.6 Å². The van der Waals surface area contributed by atoms with Crippen molar-refractivity contribution in [1.29, 1.82) is 0 Å². The number of amides is 2. The van der Waals surface area contributed by atoms with E-state index in [0.29, 0.717) is 18.7 Å². The predicted octanol–water partition coefficient (Wildman–Crippen LogP) is 1.68. The molecule has 0 bridgehead atoms. The second-order valence-corrected chi connectivity index (χ2v) is 6.09. The number of pyridine rings is 1. The van der Waals surface area contributed by atoms with Crippen LogP contribution < -0.4 is 16.4 Å². The monoisotopic (exact) mass is 376 g/mol. The molecule has 1 aliphatic rings. The Hall–Kier alpha value is -1.37. The van der Waals surface area contributed by atoms with Crippen LogP contribution in [-0.2, 0) is 4.79 Å². The van der Waals surface area contributed by atoms with Crippen molar-refractivity contribution in [1.82, 2.24) is 15.6 Å². The molecule has 4 N–H and O–H groups in total. The van der Waals surface area contributed by atoms with E-state index >= 15 is 0 Å². The van der Waals surface area contributed by atoms with Gasteiger partial charge in [-0.25, -0.2) is 0 Å². The number of nitrogens with two attached hydrogens (primary N) is 1. The molecule has 0 aliphatic heterocycles. The Morgan fingerprint density at radius 3 is 2.62 bits per heavy atom. The molecule has 1 saturated carbocycles. The number of nitrogens with one attached hydrogen (secondary N) is 2. The van der Waals surface area contributed by atoms with Gasteiger partial charge in [0.2, 0.25) is 5.91 Å². The topological polar surface area (TPSA) is 97.1 Å². The van der Waals surface area contributed by atoms with Crippen molar-refractivity contribution in [3.05, 3.63) is 30.1 Å². The number of hydrogen-bond acceptors (Lipinski definition) is 4. The number of rotatable bonds is 5. The molecule has 1 aliphatic carbocycles. The van der Waals surface area contributed by atoms with Crippen LogP contribution in [-0.4, -0.2) is 35.4 Å². The second kappa shape index (κ2) is 10.5. The first-order chi connectivity index (χ1) is 10.5. The first-order valence-corrected chi connectivity index (χ1v) is 7.75. The molecule has 6 nitrogen and oxygen atoms in total. The lowest BCUT2D eigenvalue weighted by molar-refractivity contribution is -0.128. The van der Waals surface area contributed by atoms with E-state index in [1.54, 1.807) is 18.3 Å². The summed E-state index contributed by atoms with van der Waals surface area (Å²) in [6, 6.07) is 3.41. The number of hydrogen-bond donors (Lipinski definition) is 3. The van der Waals surface area contributed by atoms with E-state index in [-0.39, 0.29) is 42.5 Å². The third-order valence-corrected chi connectivity index (χ3v) is 4.20. The molecular formula is C16H26Cl2N4O2. The third kappa shape index (κ3) is 6.26. The van der Waals surface area contributed by atoms with Crippen LogP contribution in [0, 0.1) is 5.92 Å². The fraction of sp³-hybridized carbons (Fsp3) is 0.562. The summed E-state index contributed by atoms with van der Waals surface area (Å²) in [5.74, 6) is -0.348. The molecule has 2 amide bonds. The average Bonchev–Trinajstić information content (AvgIpc) is 2.51. The molecule has 1 heterocycles. The second-order valence-electron chi connectivity index (χ2n) is 6.09. The molecule has 1 aromatic rings. The van der Waals surface area contributed by atoms with E-state index in [9.17, 15) is 9.59 Å². The maximum atomic E-state index is 12.2. The Labute approximate surface area is 155 Å². The van der Waals surface area contributed by atoms with Gasteiger partial charge in [-0.15, -0.1) is 24.8 Å². The first kappa shape index (κ1) is 22.6. The summed E-state index contributed by atoms with van der Waals surface area (Å²) in [6.07, 6.45) is 6.96. The number of aromatic nitrogens is 1. The molecule has 136 valence electrons. The highest BCUT2D eigenvalue weighted by atomic mass is 35.5. The van der Waals surface area contributed by atoms with Crippen molar-refractivity contribution in [2.24, 2.45) is 11.7 Å². The zero-order chi connectivity index (χ0) is 16.0. The minimum Gasteiger partial charge on any atom is -0.354 e. The fourth-order valence-electron chi connectivity index (χ4n) is 2.87. The summed E-state index contributed by atoms with van der Waals surface area (Å²) in [5.41, 5.74) is 6.29. The Kier molecular flexibility index (Phi) is 9.89. The summed E-state index contributed by atoms with van der Waals surface area (Å²) in [7, 11) is 0. The number of carbonyl (C=O) groups excluding carboxylic acids is 2. The molecule has 1 aromatic heterocycles. The van der Waals surface area contributed by atoms with Crippen LogP contribution in [0.25, 0.3) is 0 Å². The highest BCUT2D eigenvalue weighted by Crippen LogP contribution is 2.31. The molecule has 0 radical (unpaired) electrons. The maximum Gasteiger partial charge on any atom is 0.252 e. The van der Waals surface area contributed by atoms with Crippen LogP contribution in [0.3, 0.4) is 0 Å². The van der Waals surface area contributed by atoms with Crippen LogP contribution in [0.15, 0.2) is 24.5 Å². The molecule has 2 unspecified atom stereocenters. The number of carbonyl (C=O) groups is 2. The van der Waals surface area contributed by atoms with Crippen molar-refractivity contribution in [3.63, 3.8) is 0 Å². The zero-order valence-corrected chi connectivity index (χ0v) is 15.4.